The number of fused-ring (bicyclic) bond motifs is 1. The van der Waals surface area contributed by atoms with E-state index in [2.05, 4.69) is 5.10 Å². The maximum atomic E-state index is 12.7. The molecular weight excluding hydrogens is 378 g/mol. The van der Waals surface area contributed by atoms with Gasteiger partial charge in [0.05, 0.1) is 17.9 Å². The van der Waals surface area contributed by atoms with E-state index in [1.807, 2.05) is 61.5 Å². The number of hydrogen-bond acceptors (Lipinski definition) is 4. The summed E-state index contributed by atoms with van der Waals surface area (Å²) in [5.41, 5.74) is 4.92. The summed E-state index contributed by atoms with van der Waals surface area (Å²) in [6.07, 6.45) is 1.86. The molecule has 0 N–H and O–H groups in total. The predicted molar refractivity (Wildman–Crippen MR) is 115 cm³/mol. The van der Waals surface area contributed by atoms with Crippen LogP contribution in [0.15, 0.2) is 54.6 Å². The van der Waals surface area contributed by atoms with E-state index in [0.717, 1.165) is 35.3 Å². The quantitative estimate of drug-likeness (QED) is 0.610. The Balaban J connectivity index is 1.44. The third-order valence-electron chi connectivity index (χ3n) is 5.50. The molecule has 1 aromatic heterocycles. The van der Waals surface area contributed by atoms with E-state index in [9.17, 15) is 9.59 Å². The molecule has 1 amide bonds. The summed E-state index contributed by atoms with van der Waals surface area (Å²) in [5.74, 6) is -0.717. The lowest BCUT2D eigenvalue weighted by atomic mass is 10.0. The van der Waals surface area contributed by atoms with Crippen molar-refractivity contribution in [2.45, 2.75) is 33.2 Å². The molecule has 2 heterocycles. The fraction of sp³-hybridized carbons (Fsp3) is 0.292. The molecule has 3 aromatic rings. The van der Waals surface area contributed by atoms with Gasteiger partial charge in [-0.25, -0.2) is 4.79 Å². The maximum Gasteiger partial charge on any atom is 0.342 e. The van der Waals surface area contributed by atoms with Crippen LogP contribution < -0.4 is 4.90 Å². The Bertz CT molecular complexity index is 1070. The molecule has 6 heteroatoms. The van der Waals surface area contributed by atoms with Crippen molar-refractivity contribution in [2.24, 2.45) is 0 Å². The van der Waals surface area contributed by atoms with Gasteiger partial charge in [0.1, 0.15) is 5.56 Å². The van der Waals surface area contributed by atoms with Crippen LogP contribution in [0, 0.1) is 13.8 Å². The van der Waals surface area contributed by atoms with Crippen LogP contribution in [-0.4, -0.2) is 34.8 Å². The molecule has 0 fully saturated rings. The Morgan fingerprint density at radius 3 is 2.57 bits per heavy atom. The number of aryl methyl sites for hydroxylation is 2. The van der Waals surface area contributed by atoms with E-state index in [4.69, 9.17) is 4.74 Å². The molecule has 0 atom stereocenters. The highest BCUT2D eigenvalue weighted by Gasteiger charge is 2.25. The highest BCUT2D eigenvalue weighted by atomic mass is 16.5. The van der Waals surface area contributed by atoms with Crippen LogP contribution in [0.2, 0.25) is 0 Å². The van der Waals surface area contributed by atoms with Crippen molar-refractivity contribution in [1.82, 2.24) is 9.78 Å². The second-order valence-electron chi connectivity index (χ2n) is 7.54. The lowest BCUT2D eigenvalue weighted by molar-refractivity contribution is -0.121. The van der Waals surface area contributed by atoms with Crippen molar-refractivity contribution in [3.8, 4) is 0 Å². The number of rotatable bonds is 5. The summed E-state index contributed by atoms with van der Waals surface area (Å²) in [6.45, 7) is 4.57. The molecule has 2 aromatic carbocycles. The Labute approximate surface area is 176 Å². The van der Waals surface area contributed by atoms with Gasteiger partial charge in [-0.05, 0) is 43.9 Å². The molecule has 1 aliphatic rings. The summed E-state index contributed by atoms with van der Waals surface area (Å²) < 4.78 is 7.20. The second-order valence-corrected chi connectivity index (χ2v) is 7.54. The van der Waals surface area contributed by atoms with E-state index >= 15 is 0 Å². The Morgan fingerprint density at radius 1 is 1.03 bits per heavy atom. The first-order chi connectivity index (χ1) is 14.5. The number of para-hydroxylation sites is 1. The smallest absolute Gasteiger partial charge is 0.342 e. The van der Waals surface area contributed by atoms with Gasteiger partial charge in [-0.2, -0.15) is 5.10 Å². The summed E-state index contributed by atoms with van der Waals surface area (Å²) in [6, 6.07) is 17.8. The molecule has 0 saturated carbocycles. The number of aromatic nitrogens is 2. The zero-order chi connectivity index (χ0) is 21.1. The normalized spacial score (nSPS) is 13.1. The number of ether oxygens (including phenoxy) is 1. The van der Waals surface area contributed by atoms with Crippen molar-refractivity contribution in [1.29, 1.82) is 0 Å². The number of anilines is 1. The molecule has 0 unspecified atom stereocenters. The number of benzene rings is 2. The molecule has 0 spiro atoms. The van der Waals surface area contributed by atoms with Crippen molar-refractivity contribution in [3.05, 3.63) is 82.7 Å². The Kier molecular flexibility index (Phi) is 5.65. The van der Waals surface area contributed by atoms with Crippen LogP contribution in [0.5, 0.6) is 0 Å². The molecule has 1 aliphatic heterocycles. The minimum atomic E-state index is -0.511. The highest BCUT2D eigenvalue weighted by Crippen LogP contribution is 2.26. The zero-order valence-corrected chi connectivity index (χ0v) is 17.3. The summed E-state index contributed by atoms with van der Waals surface area (Å²) in [4.78, 5) is 27.2. The lowest BCUT2D eigenvalue weighted by Crippen LogP contribution is -2.38. The average Bonchev–Trinajstić information content (AvgIpc) is 3.05. The van der Waals surface area contributed by atoms with Crippen molar-refractivity contribution >= 4 is 17.6 Å². The van der Waals surface area contributed by atoms with Gasteiger partial charge in [0.15, 0.2) is 6.61 Å². The molecule has 4 rings (SSSR count). The van der Waals surface area contributed by atoms with Crippen molar-refractivity contribution in [2.75, 3.05) is 18.1 Å². The van der Waals surface area contributed by atoms with Crippen molar-refractivity contribution in [3.63, 3.8) is 0 Å². The van der Waals surface area contributed by atoms with Gasteiger partial charge in [-0.15, -0.1) is 0 Å². The fourth-order valence-corrected chi connectivity index (χ4v) is 3.97. The number of hydrogen-bond donors (Lipinski definition) is 0. The summed E-state index contributed by atoms with van der Waals surface area (Å²) >= 11 is 0. The van der Waals surface area contributed by atoms with Gasteiger partial charge in [0.25, 0.3) is 5.91 Å². The van der Waals surface area contributed by atoms with Crippen LogP contribution in [0.25, 0.3) is 0 Å². The molecule has 6 nitrogen and oxygen atoms in total. The van der Waals surface area contributed by atoms with E-state index < -0.39 is 5.97 Å². The minimum Gasteiger partial charge on any atom is -0.452 e. The molecule has 0 saturated heterocycles. The summed E-state index contributed by atoms with van der Waals surface area (Å²) in [5, 5.41) is 4.49. The van der Waals surface area contributed by atoms with Gasteiger partial charge >= 0.3 is 5.97 Å². The predicted octanol–water partition coefficient (Wildman–Crippen LogP) is 3.68. The first-order valence-electron chi connectivity index (χ1n) is 10.2. The summed E-state index contributed by atoms with van der Waals surface area (Å²) in [7, 11) is 0. The third kappa shape index (κ3) is 3.99. The third-order valence-corrected chi connectivity index (χ3v) is 5.50. The second kappa shape index (κ2) is 8.53. The van der Waals surface area contributed by atoms with E-state index in [1.54, 1.807) is 16.5 Å². The van der Waals surface area contributed by atoms with Gasteiger partial charge in [-0.3, -0.25) is 9.48 Å². The van der Waals surface area contributed by atoms with E-state index in [1.165, 1.54) is 0 Å². The first-order valence-corrected chi connectivity index (χ1v) is 10.2. The van der Waals surface area contributed by atoms with Gasteiger partial charge in [0, 0.05) is 12.2 Å². The highest BCUT2D eigenvalue weighted by molar-refractivity contribution is 5.98. The zero-order valence-electron chi connectivity index (χ0n) is 17.3. The van der Waals surface area contributed by atoms with Crippen molar-refractivity contribution < 1.29 is 14.3 Å². The number of carbonyl (C=O) groups is 2. The Morgan fingerprint density at radius 2 is 1.77 bits per heavy atom. The number of carbonyl (C=O) groups excluding carboxylic acids is 2. The Hall–Kier alpha value is -3.41. The molecule has 154 valence electrons. The molecule has 0 bridgehead atoms. The van der Waals surface area contributed by atoms with Gasteiger partial charge in [-0.1, -0.05) is 48.5 Å². The van der Waals surface area contributed by atoms with Gasteiger partial charge < -0.3 is 9.64 Å². The van der Waals surface area contributed by atoms with Crippen LogP contribution in [0.3, 0.4) is 0 Å². The SMILES string of the molecule is Cc1nn(Cc2ccccc2)c(C)c1C(=O)OCC(=O)N1CCCc2ccccc21. The first kappa shape index (κ1) is 19.9. The number of nitrogens with zero attached hydrogens (tertiary/aromatic N) is 3. The molecule has 0 radical (unpaired) electrons. The van der Waals surface area contributed by atoms with Crippen LogP contribution in [0.4, 0.5) is 5.69 Å². The molecule has 0 aliphatic carbocycles. The van der Waals surface area contributed by atoms with E-state index in [-0.39, 0.29) is 12.5 Å². The number of amides is 1. The maximum absolute atomic E-state index is 12.7. The van der Waals surface area contributed by atoms with Crippen LogP contribution >= 0.6 is 0 Å². The lowest BCUT2D eigenvalue weighted by Gasteiger charge is -2.29. The van der Waals surface area contributed by atoms with Crippen LogP contribution in [0.1, 0.15) is 39.3 Å². The standard InChI is InChI=1S/C24H25N3O3/c1-17-23(18(2)27(25-17)15-19-9-4-3-5-10-19)24(29)30-16-22(28)26-14-8-12-20-11-6-7-13-21(20)26/h3-7,9-11,13H,8,12,14-16H2,1-2H3. The van der Waals surface area contributed by atoms with Crippen LogP contribution in [-0.2, 0) is 22.5 Å². The largest absolute Gasteiger partial charge is 0.452 e. The fourth-order valence-electron chi connectivity index (χ4n) is 3.97. The number of esters is 1. The topological polar surface area (TPSA) is 64.4 Å². The van der Waals surface area contributed by atoms with E-state index in [0.29, 0.717) is 24.3 Å². The monoisotopic (exact) mass is 403 g/mol. The molecule has 30 heavy (non-hydrogen) atoms. The minimum absolute atomic E-state index is 0.206. The molecular formula is C24H25N3O3. The van der Waals surface area contributed by atoms with Gasteiger partial charge in [0.2, 0.25) is 0 Å². The average molecular weight is 403 g/mol.